The summed E-state index contributed by atoms with van der Waals surface area (Å²) in [7, 11) is 0. The topological polar surface area (TPSA) is 62.5 Å². The summed E-state index contributed by atoms with van der Waals surface area (Å²) in [6.45, 7) is 2.98. The SMILES string of the molecule is Cc1cc(F)ccc1CCNCc1ccoc1C(=O)O. The number of nitrogens with one attached hydrogen (secondary N) is 1. The maximum absolute atomic E-state index is 13.0. The Balaban J connectivity index is 1.84. The molecular weight excluding hydrogens is 261 g/mol. The number of furan rings is 1. The molecule has 4 nitrogen and oxygen atoms in total. The van der Waals surface area contributed by atoms with E-state index in [0.29, 0.717) is 18.7 Å². The van der Waals surface area contributed by atoms with E-state index in [-0.39, 0.29) is 11.6 Å². The summed E-state index contributed by atoms with van der Waals surface area (Å²) in [5.41, 5.74) is 2.61. The van der Waals surface area contributed by atoms with Gasteiger partial charge in [-0.1, -0.05) is 6.07 Å². The number of carbonyl (C=O) groups is 1. The minimum absolute atomic E-state index is 0.0320. The molecular formula is C15H16FNO3. The fourth-order valence-electron chi connectivity index (χ4n) is 2.05. The van der Waals surface area contributed by atoms with E-state index in [1.807, 2.05) is 6.92 Å². The fraction of sp³-hybridized carbons (Fsp3) is 0.267. The molecule has 2 rings (SSSR count). The van der Waals surface area contributed by atoms with Crippen LogP contribution < -0.4 is 5.32 Å². The second-order valence-corrected chi connectivity index (χ2v) is 4.58. The van der Waals surface area contributed by atoms with Crippen LogP contribution in [0.2, 0.25) is 0 Å². The monoisotopic (exact) mass is 277 g/mol. The van der Waals surface area contributed by atoms with Gasteiger partial charge in [0, 0.05) is 12.1 Å². The summed E-state index contributed by atoms with van der Waals surface area (Å²) in [6, 6.07) is 6.36. The van der Waals surface area contributed by atoms with E-state index in [0.717, 1.165) is 17.5 Å². The first-order valence-electron chi connectivity index (χ1n) is 6.33. The van der Waals surface area contributed by atoms with Gasteiger partial charge in [0.25, 0.3) is 0 Å². The highest BCUT2D eigenvalue weighted by molar-refractivity contribution is 5.86. The van der Waals surface area contributed by atoms with Crippen LogP contribution >= 0.6 is 0 Å². The molecule has 20 heavy (non-hydrogen) atoms. The number of halogens is 1. The zero-order valence-electron chi connectivity index (χ0n) is 11.1. The molecule has 1 aromatic heterocycles. The molecule has 0 aliphatic heterocycles. The van der Waals surface area contributed by atoms with Gasteiger partial charge in [0.15, 0.2) is 0 Å². The van der Waals surface area contributed by atoms with Gasteiger partial charge in [-0.25, -0.2) is 9.18 Å². The van der Waals surface area contributed by atoms with Crippen molar-refractivity contribution in [3.63, 3.8) is 0 Å². The molecule has 0 aliphatic rings. The Hall–Kier alpha value is -2.14. The van der Waals surface area contributed by atoms with Crippen molar-refractivity contribution in [1.29, 1.82) is 0 Å². The second-order valence-electron chi connectivity index (χ2n) is 4.58. The predicted molar refractivity (Wildman–Crippen MR) is 72.2 cm³/mol. The lowest BCUT2D eigenvalue weighted by Crippen LogP contribution is -2.18. The van der Waals surface area contributed by atoms with Gasteiger partial charge in [-0.3, -0.25) is 0 Å². The molecule has 0 unspecified atom stereocenters. The molecule has 2 N–H and O–H groups in total. The van der Waals surface area contributed by atoms with Crippen molar-refractivity contribution in [2.45, 2.75) is 19.9 Å². The Kier molecular flexibility index (Phi) is 4.53. The molecule has 0 fully saturated rings. The summed E-state index contributed by atoms with van der Waals surface area (Å²) in [4.78, 5) is 10.9. The fourth-order valence-corrected chi connectivity index (χ4v) is 2.05. The Morgan fingerprint density at radius 3 is 2.85 bits per heavy atom. The summed E-state index contributed by atoms with van der Waals surface area (Å²) in [5.74, 6) is -1.33. The number of carboxylic acids is 1. The lowest BCUT2D eigenvalue weighted by molar-refractivity contribution is 0.0660. The number of benzene rings is 1. The highest BCUT2D eigenvalue weighted by atomic mass is 19.1. The zero-order chi connectivity index (χ0) is 14.5. The molecule has 0 spiro atoms. The molecule has 0 bridgehead atoms. The third kappa shape index (κ3) is 3.45. The van der Waals surface area contributed by atoms with E-state index in [1.54, 1.807) is 12.1 Å². The lowest BCUT2D eigenvalue weighted by Gasteiger charge is -2.07. The Morgan fingerprint density at radius 1 is 1.35 bits per heavy atom. The standard InChI is InChI=1S/C15H16FNO3/c1-10-8-13(16)3-2-11(10)4-6-17-9-12-5-7-20-14(12)15(18)19/h2-3,5,7-8,17H,4,6,9H2,1H3,(H,18,19). The van der Waals surface area contributed by atoms with Gasteiger partial charge in [-0.05, 0) is 49.2 Å². The maximum atomic E-state index is 13.0. The van der Waals surface area contributed by atoms with E-state index in [9.17, 15) is 9.18 Å². The van der Waals surface area contributed by atoms with Crippen LogP contribution in [0.4, 0.5) is 4.39 Å². The largest absolute Gasteiger partial charge is 0.475 e. The number of hydrogen-bond acceptors (Lipinski definition) is 3. The molecule has 2 aromatic rings. The molecule has 0 saturated carbocycles. The normalized spacial score (nSPS) is 10.7. The third-order valence-corrected chi connectivity index (χ3v) is 3.13. The predicted octanol–water partition coefficient (Wildman–Crippen LogP) is 2.76. The minimum Gasteiger partial charge on any atom is -0.475 e. The molecule has 106 valence electrons. The average molecular weight is 277 g/mol. The number of hydrogen-bond donors (Lipinski definition) is 2. The summed E-state index contributed by atoms with van der Waals surface area (Å²) in [6.07, 6.45) is 2.12. The van der Waals surface area contributed by atoms with Crippen LogP contribution in [0.15, 0.2) is 34.9 Å². The van der Waals surface area contributed by atoms with Crippen LogP contribution in [0, 0.1) is 12.7 Å². The van der Waals surface area contributed by atoms with E-state index in [1.165, 1.54) is 18.4 Å². The highest BCUT2D eigenvalue weighted by Crippen LogP contribution is 2.12. The second kappa shape index (κ2) is 6.34. The van der Waals surface area contributed by atoms with Crippen LogP contribution in [0.3, 0.4) is 0 Å². The third-order valence-electron chi connectivity index (χ3n) is 3.13. The molecule has 0 aliphatic carbocycles. The highest BCUT2D eigenvalue weighted by Gasteiger charge is 2.12. The molecule has 1 heterocycles. The van der Waals surface area contributed by atoms with Crippen LogP contribution in [-0.2, 0) is 13.0 Å². The van der Waals surface area contributed by atoms with E-state index in [4.69, 9.17) is 9.52 Å². The van der Waals surface area contributed by atoms with Gasteiger partial charge in [0.05, 0.1) is 6.26 Å². The van der Waals surface area contributed by atoms with Crippen LogP contribution in [0.25, 0.3) is 0 Å². The molecule has 0 saturated heterocycles. The number of rotatable bonds is 6. The molecule has 0 atom stereocenters. The first-order valence-corrected chi connectivity index (χ1v) is 6.33. The Labute approximate surface area is 116 Å². The van der Waals surface area contributed by atoms with Gasteiger partial charge in [0.1, 0.15) is 5.82 Å². The van der Waals surface area contributed by atoms with Crippen molar-refractivity contribution in [2.24, 2.45) is 0 Å². The van der Waals surface area contributed by atoms with Gasteiger partial charge < -0.3 is 14.8 Å². The van der Waals surface area contributed by atoms with Crippen LogP contribution in [0.5, 0.6) is 0 Å². The van der Waals surface area contributed by atoms with Crippen LogP contribution in [0.1, 0.15) is 27.2 Å². The molecule has 0 radical (unpaired) electrons. The van der Waals surface area contributed by atoms with Gasteiger partial charge in [-0.15, -0.1) is 0 Å². The van der Waals surface area contributed by atoms with E-state index >= 15 is 0 Å². The van der Waals surface area contributed by atoms with Crippen molar-refractivity contribution in [3.05, 3.63) is 58.8 Å². The van der Waals surface area contributed by atoms with Crippen molar-refractivity contribution < 1.29 is 18.7 Å². The maximum Gasteiger partial charge on any atom is 0.372 e. The van der Waals surface area contributed by atoms with Crippen LogP contribution in [-0.4, -0.2) is 17.6 Å². The van der Waals surface area contributed by atoms with Crippen molar-refractivity contribution in [3.8, 4) is 0 Å². The van der Waals surface area contributed by atoms with Gasteiger partial charge >= 0.3 is 5.97 Å². The number of aryl methyl sites for hydroxylation is 1. The van der Waals surface area contributed by atoms with Crippen molar-refractivity contribution >= 4 is 5.97 Å². The quantitative estimate of drug-likeness (QED) is 0.797. The number of aromatic carboxylic acids is 1. The summed E-state index contributed by atoms with van der Waals surface area (Å²) >= 11 is 0. The zero-order valence-corrected chi connectivity index (χ0v) is 11.1. The van der Waals surface area contributed by atoms with E-state index in [2.05, 4.69) is 5.32 Å². The smallest absolute Gasteiger partial charge is 0.372 e. The summed E-state index contributed by atoms with van der Waals surface area (Å²) in [5, 5.41) is 12.1. The molecule has 5 heteroatoms. The molecule has 0 amide bonds. The molecule has 1 aromatic carbocycles. The Bertz CT molecular complexity index is 607. The van der Waals surface area contributed by atoms with Gasteiger partial charge in [0.2, 0.25) is 5.76 Å². The minimum atomic E-state index is -1.07. The Morgan fingerprint density at radius 2 is 2.15 bits per heavy atom. The summed E-state index contributed by atoms with van der Waals surface area (Å²) < 4.78 is 17.9. The first-order chi connectivity index (χ1) is 9.58. The first kappa shape index (κ1) is 14.3. The average Bonchev–Trinajstić information content (AvgIpc) is 2.85. The number of carboxylic acid groups (broad SMARTS) is 1. The van der Waals surface area contributed by atoms with E-state index < -0.39 is 5.97 Å². The van der Waals surface area contributed by atoms with Gasteiger partial charge in [-0.2, -0.15) is 0 Å². The van der Waals surface area contributed by atoms with Crippen molar-refractivity contribution in [1.82, 2.24) is 5.32 Å². The van der Waals surface area contributed by atoms with Crippen molar-refractivity contribution in [2.75, 3.05) is 6.54 Å². The lowest BCUT2D eigenvalue weighted by atomic mass is 10.1.